The third-order valence-electron chi connectivity index (χ3n) is 2.74. The SMILES string of the molecule is O=C(COC(=O)/C=C/c1ccc(Cl)c(Cl)c1)NCc1cccs1. The first-order chi connectivity index (χ1) is 11.0. The number of carbonyl (C=O) groups excluding carboxylic acids is 2. The van der Waals surface area contributed by atoms with Crippen LogP contribution in [0.2, 0.25) is 10.0 Å². The van der Waals surface area contributed by atoms with Gasteiger partial charge in [0.25, 0.3) is 5.91 Å². The summed E-state index contributed by atoms with van der Waals surface area (Å²) in [5, 5.41) is 5.43. The highest BCUT2D eigenvalue weighted by atomic mass is 35.5. The Kier molecular flexibility index (Phi) is 6.65. The molecule has 0 spiro atoms. The van der Waals surface area contributed by atoms with Gasteiger partial charge in [-0.3, -0.25) is 4.79 Å². The molecule has 0 aliphatic heterocycles. The largest absolute Gasteiger partial charge is 0.452 e. The fourth-order valence-corrected chi connectivity index (χ4v) is 2.57. The van der Waals surface area contributed by atoms with E-state index in [0.29, 0.717) is 22.2 Å². The molecule has 4 nitrogen and oxygen atoms in total. The summed E-state index contributed by atoms with van der Waals surface area (Å²) < 4.78 is 4.86. The van der Waals surface area contributed by atoms with E-state index >= 15 is 0 Å². The predicted octanol–water partition coefficient (Wildman–Crippen LogP) is 3.93. The molecule has 2 rings (SSSR count). The standard InChI is InChI=1S/C16H13Cl2NO3S/c17-13-5-3-11(8-14(13)18)4-6-16(21)22-10-15(20)19-9-12-2-1-7-23-12/h1-8H,9-10H2,(H,19,20)/b6-4+. The van der Waals surface area contributed by atoms with E-state index in [1.807, 2.05) is 17.5 Å². The monoisotopic (exact) mass is 369 g/mol. The van der Waals surface area contributed by atoms with Gasteiger partial charge in [0.05, 0.1) is 16.6 Å². The number of benzene rings is 1. The average molecular weight is 370 g/mol. The Bertz CT molecular complexity index is 714. The normalized spacial score (nSPS) is 10.7. The molecule has 1 amide bonds. The smallest absolute Gasteiger partial charge is 0.331 e. The van der Waals surface area contributed by atoms with E-state index in [1.54, 1.807) is 29.5 Å². The summed E-state index contributed by atoms with van der Waals surface area (Å²) >= 11 is 13.2. The summed E-state index contributed by atoms with van der Waals surface area (Å²) in [6, 6.07) is 8.79. The Balaban J connectivity index is 1.74. The lowest BCUT2D eigenvalue weighted by Crippen LogP contribution is -2.27. The summed E-state index contributed by atoms with van der Waals surface area (Å²) in [7, 11) is 0. The van der Waals surface area contributed by atoms with Crippen LogP contribution in [-0.2, 0) is 20.9 Å². The van der Waals surface area contributed by atoms with Crippen LogP contribution in [0.5, 0.6) is 0 Å². The average Bonchev–Trinajstić information content (AvgIpc) is 3.05. The van der Waals surface area contributed by atoms with E-state index in [0.717, 1.165) is 4.88 Å². The van der Waals surface area contributed by atoms with Crippen LogP contribution in [0.3, 0.4) is 0 Å². The van der Waals surface area contributed by atoms with Crippen molar-refractivity contribution in [2.45, 2.75) is 6.54 Å². The van der Waals surface area contributed by atoms with Crippen molar-refractivity contribution >= 4 is 52.5 Å². The maximum Gasteiger partial charge on any atom is 0.331 e. The van der Waals surface area contributed by atoms with Crippen LogP contribution in [0.1, 0.15) is 10.4 Å². The Hall–Kier alpha value is -1.82. The second-order valence-corrected chi connectivity index (χ2v) is 6.32. The molecule has 0 atom stereocenters. The second kappa shape index (κ2) is 8.72. The summed E-state index contributed by atoms with van der Waals surface area (Å²) in [5.74, 6) is -0.961. The molecule has 0 unspecified atom stereocenters. The Morgan fingerprint density at radius 3 is 2.74 bits per heavy atom. The van der Waals surface area contributed by atoms with Gasteiger partial charge in [-0.1, -0.05) is 35.3 Å². The molecule has 0 aliphatic carbocycles. The maximum absolute atomic E-state index is 11.6. The van der Waals surface area contributed by atoms with Crippen LogP contribution in [0.15, 0.2) is 41.8 Å². The fourth-order valence-electron chi connectivity index (χ4n) is 1.62. The van der Waals surface area contributed by atoms with E-state index in [1.165, 1.54) is 12.2 Å². The molecule has 7 heteroatoms. The molecule has 120 valence electrons. The molecule has 1 aromatic heterocycles. The first kappa shape index (κ1) is 17.5. The fraction of sp³-hybridized carbons (Fsp3) is 0.125. The Morgan fingerprint density at radius 1 is 1.22 bits per heavy atom. The van der Waals surface area contributed by atoms with Crippen molar-refractivity contribution < 1.29 is 14.3 Å². The number of esters is 1. The highest BCUT2D eigenvalue weighted by Gasteiger charge is 2.05. The van der Waals surface area contributed by atoms with Gasteiger partial charge in [-0.2, -0.15) is 0 Å². The first-order valence-corrected chi connectivity index (χ1v) is 8.27. The zero-order valence-electron chi connectivity index (χ0n) is 11.9. The molecular formula is C16H13Cl2NO3S. The van der Waals surface area contributed by atoms with E-state index in [9.17, 15) is 9.59 Å². The molecule has 23 heavy (non-hydrogen) atoms. The molecule has 0 aliphatic rings. The first-order valence-electron chi connectivity index (χ1n) is 6.63. The van der Waals surface area contributed by atoms with Gasteiger partial charge in [0.15, 0.2) is 6.61 Å². The van der Waals surface area contributed by atoms with Gasteiger partial charge in [-0.15, -0.1) is 11.3 Å². The van der Waals surface area contributed by atoms with Gasteiger partial charge >= 0.3 is 5.97 Å². The number of thiophene rings is 1. The molecule has 0 radical (unpaired) electrons. The molecule has 1 aromatic carbocycles. The van der Waals surface area contributed by atoms with Gasteiger partial charge < -0.3 is 10.1 Å². The third kappa shape index (κ3) is 6.06. The van der Waals surface area contributed by atoms with E-state index in [-0.39, 0.29) is 12.5 Å². The van der Waals surface area contributed by atoms with Gasteiger partial charge in [0.1, 0.15) is 0 Å². The lowest BCUT2D eigenvalue weighted by Gasteiger charge is -2.04. The summed E-state index contributed by atoms with van der Waals surface area (Å²) in [5.41, 5.74) is 0.707. The lowest BCUT2D eigenvalue weighted by atomic mass is 10.2. The summed E-state index contributed by atoms with van der Waals surface area (Å²) in [4.78, 5) is 24.2. The summed E-state index contributed by atoms with van der Waals surface area (Å²) in [6.07, 6.45) is 2.76. The zero-order chi connectivity index (χ0) is 16.7. The zero-order valence-corrected chi connectivity index (χ0v) is 14.3. The number of ether oxygens (including phenoxy) is 1. The number of nitrogens with one attached hydrogen (secondary N) is 1. The number of carbonyl (C=O) groups is 2. The summed E-state index contributed by atoms with van der Waals surface area (Å²) in [6.45, 7) is 0.100. The molecule has 0 bridgehead atoms. The van der Waals surface area contributed by atoms with E-state index in [4.69, 9.17) is 27.9 Å². The van der Waals surface area contributed by atoms with Crippen LogP contribution < -0.4 is 5.32 Å². The molecule has 0 saturated carbocycles. The minimum atomic E-state index is -0.609. The minimum Gasteiger partial charge on any atom is -0.452 e. The molecule has 1 heterocycles. The molecule has 1 N–H and O–H groups in total. The third-order valence-corrected chi connectivity index (χ3v) is 4.36. The van der Waals surface area contributed by atoms with Crippen molar-refractivity contribution in [3.8, 4) is 0 Å². The molecule has 0 saturated heterocycles. The van der Waals surface area contributed by atoms with Gasteiger partial charge in [0, 0.05) is 11.0 Å². The number of amides is 1. The van der Waals surface area contributed by atoms with Crippen molar-refractivity contribution in [1.29, 1.82) is 0 Å². The highest BCUT2D eigenvalue weighted by Crippen LogP contribution is 2.23. The van der Waals surface area contributed by atoms with Crippen molar-refractivity contribution in [1.82, 2.24) is 5.32 Å². The van der Waals surface area contributed by atoms with Crippen molar-refractivity contribution in [3.05, 3.63) is 62.3 Å². The lowest BCUT2D eigenvalue weighted by molar-refractivity contribution is -0.143. The van der Waals surface area contributed by atoms with Gasteiger partial charge in [-0.05, 0) is 35.2 Å². The molecular weight excluding hydrogens is 357 g/mol. The molecule has 2 aromatic rings. The Morgan fingerprint density at radius 2 is 2.04 bits per heavy atom. The van der Waals surface area contributed by atoms with Crippen molar-refractivity contribution in [2.75, 3.05) is 6.61 Å². The quantitative estimate of drug-likeness (QED) is 0.619. The van der Waals surface area contributed by atoms with Gasteiger partial charge in [0.2, 0.25) is 0 Å². The van der Waals surface area contributed by atoms with Gasteiger partial charge in [-0.25, -0.2) is 4.79 Å². The Labute approximate surface area is 147 Å². The highest BCUT2D eigenvalue weighted by molar-refractivity contribution is 7.09. The maximum atomic E-state index is 11.6. The van der Waals surface area contributed by atoms with Crippen molar-refractivity contribution in [3.63, 3.8) is 0 Å². The van der Waals surface area contributed by atoms with E-state index < -0.39 is 5.97 Å². The van der Waals surface area contributed by atoms with Crippen LogP contribution in [0.4, 0.5) is 0 Å². The predicted molar refractivity (Wildman–Crippen MR) is 92.6 cm³/mol. The topological polar surface area (TPSA) is 55.4 Å². The van der Waals surface area contributed by atoms with Crippen LogP contribution in [-0.4, -0.2) is 18.5 Å². The number of rotatable bonds is 6. The van der Waals surface area contributed by atoms with Crippen molar-refractivity contribution in [2.24, 2.45) is 0 Å². The van der Waals surface area contributed by atoms with Crippen LogP contribution in [0, 0.1) is 0 Å². The second-order valence-electron chi connectivity index (χ2n) is 4.47. The van der Waals surface area contributed by atoms with E-state index in [2.05, 4.69) is 5.32 Å². The number of hydrogen-bond donors (Lipinski definition) is 1. The van der Waals surface area contributed by atoms with Crippen LogP contribution in [0.25, 0.3) is 6.08 Å². The number of hydrogen-bond acceptors (Lipinski definition) is 4. The number of halogens is 2. The van der Waals surface area contributed by atoms with Crippen LogP contribution >= 0.6 is 34.5 Å². The minimum absolute atomic E-state index is 0.323. The molecule has 0 fully saturated rings.